The van der Waals surface area contributed by atoms with Gasteiger partial charge >= 0.3 is 0 Å². The van der Waals surface area contributed by atoms with E-state index in [-0.39, 0.29) is 56.6 Å². The molecule has 15 nitrogen and oxygen atoms in total. The van der Waals surface area contributed by atoms with Crippen molar-refractivity contribution in [2.45, 2.75) is 179 Å². The third-order valence-corrected chi connectivity index (χ3v) is 13.0. The molecule has 0 fully saturated rings. The number of nitrogens with zero attached hydrogens (tertiary/aromatic N) is 2. The van der Waals surface area contributed by atoms with Crippen LogP contribution in [0.25, 0.3) is 0 Å². The topological polar surface area (TPSA) is 223 Å². The predicted molar refractivity (Wildman–Crippen MR) is 245 cm³/mol. The van der Waals surface area contributed by atoms with E-state index in [4.69, 9.17) is 0 Å². The Kier molecular flexibility index (Phi) is 23.2. The molecule has 0 aromatic heterocycles. The van der Waals surface area contributed by atoms with Gasteiger partial charge in [-0.25, -0.2) is 0 Å². The van der Waals surface area contributed by atoms with Gasteiger partial charge in [0, 0.05) is 70.7 Å². The van der Waals surface area contributed by atoms with Gasteiger partial charge in [0.1, 0.15) is 17.8 Å². The van der Waals surface area contributed by atoms with Crippen LogP contribution in [0.1, 0.15) is 149 Å². The minimum atomic E-state index is -1.20. The van der Waals surface area contributed by atoms with Gasteiger partial charge in [0.05, 0.1) is 24.8 Å². The Morgan fingerprint density at radius 3 is 2.06 bits per heavy atom. The Balaban J connectivity index is 1.58. The Morgan fingerprint density at radius 2 is 1.47 bits per heavy atom. The van der Waals surface area contributed by atoms with Crippen LogP contribution in [-0.2, 0) is 33.6 Å². The summed E-state index contributed by atoms with van der Waals surface area (Å²) in [6.07, 6.45) is 20.6. The fourth-order valence-electron chi connectivity index (χ4n) is 8.77. The molecule has 0 saturated carbocycles. The summed E-state index contributed by atoms with van der Waals surface area (Å²) in [6.45, 7) is 4.61. The number of carbonyl (C=O) groups is 7. The molecule has 0 spiro atoms. The van der Waals surface area contributed by atoms with Gasteiger partial charge in [-0.05, 0) is 43.4 Å². The van der Waals surface area contributed by atoms with E-state index in [1.807, 2.05) is 0 Å². The van der Waals surface area contributed by atoms with E-state index >= 15 is 0 Å². The fraction of sp³-hybridized carbons (Fsp3) is 0.694. The molecule has 4 bridgehead atoms. The zero-order valence-corrected chi connectivity index (χ0v) is 39.3. The highest BCUT2D eigenvalue weighted by atomic mass is 16.3. The highest BCUT2D eigenvalue weighted by molar-refractivity contribution is 5.96. The Bertz CT molecular complexity index is 1750. The molecule has 64 heavy (non-hydrogen) atoms. The van der Waals surface area contributed by atoms with Gasteiger partial charge < -0.3 is 41.1 Å². The average molecular weight is 896 g/mol. The van der Waals surface area contributed by atoms with E-state index in [9.17, 15) is 48.9 Å². The number of rotatable bonds is 24. The summed E-state index contributed by atoms with van der Waals surface area (Å²) in [5.41, 5.74) is 1.48. The van der Waals surface area contributed by atoms with Crippen LogP contribution < -0.4 is 16.0 Å². The van der Waals surface area contributed by atoms with Gasteiger partial charge in [-0.3, -0.25) is 33.6 Å². The zero-order valence-electron chi connectivity index (χ0n) is 39.3. The van der Waals surface area contributed by atoms with E-state index in [0.717, 1.165) is 19.3 Å². The molecule has 7 atom stereocenters. The summed E-state index contributed by atoms with van der Waals surface area (Å²) in [5, 5.41) is 40.0. The Labute approximate surface area is 380 Å². The Morgan fingerprint density at radius 1 is 0.859 bits per heavy atom. The van der Waals surface area contributed by atoms with Gasteiger partial charge in [-0.1, -0.05) is 109 Å². The normalized spacial score (nSPS) is 22.3. The maximum absolute atomic E-state index is 14.1. The van der Waals surface area contributed by atoms with Crippen LogP contribution in [0.15, 0.2) is 46.8 Å². The number of ketones is 2. The maximum atomic E-state index is 14.1. The third-order valence-electron chi connectivity index (χ3n) is 13.0. The number of aliphatic hydroxyl groups excluding tert-OH is 3. The summed E-state index contributed by atoms with van der Waals surface area (Å²) in [7, 11) is 4.34. The molecule has 358 valence electrons. The number of likely N-dealkylation sites (N-methyl/N-ethyl adjacent to an activating group) is 3. The monoisotopic (exact) mass is 896 g/mol. The SMILES string of the molecule is CCCCCCCCCCCCCCCC(=O)N(C)[C@H](CO)C(=O)N[C@H](C)C(=O)CCC(=O)N(C)[C@@H]1C(=O)C[C@@H](C)C(=O)N[C@H](C(=O)NC)CC2=CCC(O)C(=C2)C2=C(O)C=C[C@H]1C2. The minimum absolute atomic E-state index is 0.0797. The van der Waals surface area contributed by atoms with E-state index in [0.29, 0.717) is 23.1 Å². The first kappa shape index (κ1) is 53.7. The predicted octanol–water partition coefficient (Wildman–Crippen LogP) is 5.20. The van der Waals surface area contributed by atoms with Crippen molar-refractivity contribution in [1.82, 2.24) is 25.8 Å². The van der Waals surface area contributed by atoms with Gasteiger partial charge in [0.2, 0.25) is 29.5 Å². The zero-order chi connectivity index (χ0) is 47.3. The molecule has 6 N–H and O–H groups in total. The van der Waals surface area contributed by atoms with Crippen LogP contribution in [0, 0.1) is 11.8 Å². The lowest BCUT2D eigenvalue weighted by Crippen LogP contribution is -2.53. The standard InChI is InChI=1S/C49H77N5O10/c1-7-8-9-10-11-12-13-14-15-16-17-18-19-20-44(60)53(5)39(31-55)49(64)51-33(3)40(56)25-26-45(61)54(6)46-35-22-24-42(58)37(30-35)36-28-34(21-23-41(36)57)29-38(48(63)50-4)52-47(62)32(2)27-43(46)59/h21-22,24,28,32-33,35,38-39,41,46,55,57-58H,7-20,23,25-27,29-31H2,1-6H3,(H,50,63)(H,51,64)(H,52,62)/t32-,33-,35+,38+,39-,41?,46+/m1/s1. The highest BCUT2D eigenvalue weighted by Gasteiger charge is 2.39. The third kappa shape index (κ3) is 16.4. The number of Topliss-reactive ketones (excluding diaryl/α,β-unsaturated/α-hetero) is 2. The smallest absolute Gasteiger partial charge is 0.245 e. The summed E-state index contributed by atoms with van der Waals surface area (Å²) >= 11 is 0. The fourth-order valence-corrected chi connectivity index (χ4v) is 8.77. The highest BCUT2D eigenvalue weighted by Crippen LogP contribution is 2.37. The van der Waals surface area contributed by atoms with Gasteiger partial charge in [-0.15, -0.1) is 0 Å². The number of nitrogens with one attached hydrogen (secondary N) is 3. The first-order valence-electron chi connectivity index (χ1n) is 23.7. The van der Waals surface area contributed by atoms with Crippen LogP contribution >= 0.6 is 0 Å². The second-order valence-corrected chi connectivity index (χ2v) is 18.0. The summed E-state index contributed by atoms with van der Waals surface area (Å²) < 4.78 is 0. The van der Waals surface area contributed by atoms with Crippen LogP contribution in [0.4, 0.5) is 0 Å². The van der Waals surface area contributed by atoms with Crippen molar-refractivity contribution < 1.29 is 48.9 Å². The second-order valence-electron chi connectivity index (χ2n) is 18.0. The molecule has 3 aliphatic rings. The lowest BCUT2D eigenvalue weighted by Gasteiger charge is -2.36. The quantitative estimate of drug-likeness (QED) is 0.0695. The number of aliphatic hydroxyl groups is 3. The maximum Gasteiger partial charge on any atom is 0.245 e. The number of hydrogen-bond donors (Lipinski definition) is 6. The van der Waals surface area contributed by atoms with Crippen molar-refractivity contribution >= 4 is 41.1 Å². The number of carbonyl (C=O) groups excluding carboxylic acids is 7. The van der Waals surface area contributed by atoms with Crippen LogP contribution in [0.2, 0.25) is 0 Å². The average Bonchev–Trinajstić information content (AvgIpc) is 3.27. The van der Waals surface area contributed by atoms with Crippen molar-refractivity contribution in [3.63, 3.8) is 0 Å². The number of unbranched alkanes of at least 4 members (excludes halogenated alkanes) is 12. The van der Waals surface area contributed by atoms with Crippen LogP contribution in [-0.4, -0.2) is 124 Å². The van der Waals surface area contributed by atoms with E-state index < -0.39 is 83.9 Å². The number of hydrogen-bond acceptors (Lipinski definition) is 10. The number of fused-ring (bicyclic) bond motifs is 4. The Hall–Kier alpha value is -4.63. The minimum Gasteiger partial charge on any atom is -0.508 e. The lowest BCUT2D eigenvalue weighted by molar-refractivity contribution is -0.142. The largest absolute Gasteiger partial charge is 0.508 e. The molecule has 1 heterocycles. The first-order chi connectivity index (χ1) is 30.5. The first-order valence-corrected chi connectivity index (χ1v) is 23.7. The van der Waals surface area contributed by atoms with Gasteiger partial charge in [0.25, 0.3) is 0 Å². The second kappa shape index (κ2) is 27.6. The number of amides is 5. The molecule has 2 aliphatic carbocycles. The lowest BCUT2D eigenvalue weighted by atomic mass is 9.78. The molecule has 1 aliphatic heterocycles. The molecule has 0 aromatic carbocycles. The van der Waals surface area contributed by atoms with Crippen LogP contribution in [0.3, 0.4) is 0 Å². The molecule has 0 radical (unpaired) electrons. The number of allylic oxidation sites excluding steroid dienone is 2. The molecule has 1 unspecified atom stereocenters. The van der Waals surface area contributed by atoms with Crippen LogP contribution in [0.5, 0.6) is 0 Å². The summed E-state index contributed by atoms with van der Waals surface area (Å²) in [6, 6.07) is -4.35. The van der Waals surface area contributed by atoms with Crippen molar-refractivity contribution in [2.75, 3.05) is 27.7 Å². The molecule has 0 aromatic rings. The molecule has 15 heteroatoms. The molecule has 5 amide bonds. The molecular weight excluding hydrogens is 819 g/mol. The van der Waals surface area contributed by atoms with Crippen molar-refractivity contribution in [3.05, 3.63) is 46.8 Å². The summed E-state index contributed by atoms with van der Waals surface area (Å²) in [4.78, 5) is 96.1. The van der Waals surface area contributed by atoms with Gasteiger partial charge in [0.15, 0.2) is 11.6 Å². The molecular formula is C49H77N5O10. The molecule has 0 saturated heterocycles. The molecule has 3 rings (SSSR count). The van der Waals surface area contributed by atoms with Crippen molar-refractivity contribution in [1.29, 1.82) is 0 Å². The summed E-state index contributed by atoms with van der Waals surface area (Å²) in [5.74, 6) is -5.07. The van der Waals surface area contributed by atoms with Gasteiger partial charge in [-0.2, -0.15) is 0 Å². The van der Waals surface area contributed by atoms with E-state index in [2.05, 4.69) is 22.9 Å². The van der Waals surface area contributed by atoms with Crippen molar-refractivity contribution in [2.24, 2.45) is 11.8 Å². The van der Waals surface area contributed by atoms with Crippen molar-refractivity contribution in [3.8, 4) is 0 Å². The van der Waals surface area contributed by atoms with E-state index in [1.54, 1.807) is 25.2 Å². The van der Waals surface area contributed by atoms with E-state index in [1.165, 1.54) is 102 Å².